The smallest absolute Gasteiger partial charge is 0.253 e. The monoisotopic (exact) mass is 361 g/mol. The zero-order valence-corrected chi connectivity index (χ0v) is 13.3. The lowest BCUT2D eigenvalue weighted by atomic mass is 10.1. The van der Waals surface area contributed by atoms with Gasteiger partial charge >= 0.3 is 10.3 Å². The fourth-order valence-electron chi connectivity index (χ4n) is 1.95. The molecule has 0 aromatic heterocycles. The Morgan fingerprint density at radius 1 is 1.30 bits per heavy atom. The molecular formula is C11H11Cl3FNO3S. The molecule has 3 unspecified atom stereocenters. The van der Waals surface area contributed by atoms with Crippen LogP contribution in [-0.4, -0.2) is 29.2 Å². The Morgan fingerprint density at radius 2 is 1.85 bits per heavy atom. The predicted octanol–water partition coefficient (Wildman–Crippen LogP) is 3.20. The molecule has 0 aliphatic carbocycles. The van der Waals surface area contributed by atoms with Crippen molar-refractivity contribution in [1.82, 2.24) is 4.31 Å². The number of hydrogen-bond acceptors (Lipinski definition) is 3. The standard InChI is InChI=1S/C11H11Cl3FNO3S/c1-7-10(8-2-4-9(15)5-3-8)16(7)20(17,18)19-6-11(12,13)14/h2-5,7,10H,6H2,1H3. The van der Waals surface area contributed by atoms with Gasteiger partial charge in [0.1, 0.15) is 12.4 Å². The topological polar surface area (TPSA) is 46.4 Å². The van der Waals surface area contributed by atoms with Gasteiger partial charge in [-0.15, -0.1) is 0 Å². The van der Waals surface area contributed by atoms with Crippen molar-refractivity contribution in [2.75, 3.05) is 6.61 Å². The summed E-state index contributed by atoms with van der Waals surface area (Å²) in [6.45, 7) is 1.14. The van der Waals surface area contributed by atoms with Gasteiger partial charge in [0.05, 0.1) is 6.04 Å². The highest BCUT2D eigenvalue weighted by molar-refractivity contribution is 7.84. The first-order chi connectivity index (χ1) is 9.12. The summed E-state index contributed by atoms with van der Waals surface area (Å²) in [4.78, 5) is 0. The molecule has 0 spiro atoms. The number of nitrogens with zero attached hydrogens (tertiary/aromatic N) is 1. The van der Waals surface area contributed by atoms with Crippen molar-refractivity contribution in [2.24, 2.45) is 0 Å². The number of rotatable bonds is 4. The SMILES string of the molecule is CC1C(c2ccc(F)cc2)N1S(=O)(=O)OCC(Cl)(Cl)Cl. The first-order valence-electron chi connectivity index (χ1n) is 5.62. The van der Waals surface area contributed by atoms with Gasteiger partial charge in [0, 0.05) is 6.04 Å². The molecule has 0 saturated carbocycles. The Labute approximate surface area is 131 Å². The zero-order valence-electron chi connectivity index (χ0n) is 10.3. The van der Waals surface area contributed by atoms with Crippen LogP contribution in [-0.2, 0) is 14.5 Å². The van der Waals surface area contributed by atoms with Gasteiger partial charge in [-0.3, -0.25) is 4.18 Å². The summed E-state index contributed by atoms with van der Waals surface area (Å²) in [5.74, 6) is -0.385. The number of benzene rings is 1. The van der Waals surface area contributed by atoms with Crippen molar-refractivity contribution in [1.29, 1.82) is 0 Å². The van der Waals surface area contributed by atoms with E-state index in [2.05, 4.69) is 0 Å². The molecule has 3 atom stereocenters. The summed E-state index contributed by atoms with van der Waals surface area (Å²) in [6, 6.07) is 4.92. The normalized spacial score (nSPS) is 26.6. The van der Waals surface area contributed by atoms with Gasteiger partial charge in [0.2, 0.25) is 3.79 Å². The first-order valence-corrected chi connectivity index (χ1v) is 8.12. The van der Waals surface area contributed by atoms with Crippen molar-refractivity contribution in [3.8, 4) is 0 Å². The van der Waals surface area contributed by atoms with Crippen molar-refractivity contribution in [3.63, 3.8) is 0 Å². The minimum Gasteiger partial charge on any atom is -0.253 e. The quantitative estimate of drug-likeness (QED) is 0.610. The van der Waals surface area contributed by atoms with Crippen LogP contribution >= 0.6 is 34.8 Å². The lowest BCUT2D eigenvalue weighted by Crippen LogP contribution is -2.23. The Hall–Kier alpha value is -0.110. The summed E-state index contributed by atoms with van der Waals surface area (Å²) < 4.78 is 40.8. The third-order valence-electron chi connectivity index (χ3n) is 2.88. The van der Waals surface area contributed by atoms with E-state index in [-0.39, 0.29) is 11.9 Å². The van der Waals surface area contributed by atoms with Crippen LogP contribution in [0.5, 0.6) is 0 Å². The summed E-state index contributed by atoms with van der Waals surface area (Å²) >= 11 is 16.4. The summed E-state index contributed by atoms with van der Waals surface area (Å²) in [5, 5.41) is 0. The average molecular weight is 363 g/mol. The Balaban J connectivity index is 2.09. The maximum absolute atomic E-state index is 12.9. The Morgan fingerprint density at radius 3 is 2.35 bits per heavy atom. The zero-order chi connectivity index (χ0) is 15.1. The third kappa shape index (κ3) is 3.75. The van der Waals surface area contributed by atoms with Gasteiger partial charge in [-0.2, -0.15) is 12.7 Å². The molecule has 1 aromatic rings. The van der Waals surface area contributed by atoms with Crippen LogP contribution in [0.1, 0.15) is 18.5 Å². The second-order valence-corrected chi connectivity index (χ2v) is 8.43. The fourth-order valence-corrected chi connectivity index (χ4v) is 3.80. The van der Waals surface area contributed by atoms with Crippen LogP contribution in [0.25, 0.3) is 0 Å². The van der Waals surface area contributed by atoms with Crippen molar-refractivity contribution < 1.29 is 17.0 Å². The minimum atomic E-state index is -3.99. The van der Waals surface area contributed by atoms with Gasteiger partial charge in [-0.25, -0.2) is 4.39 Å². The van der Waals surface area contributed by atoms with E-state index >= 15 is 0 Å². The van der Waals surface area contributed by atoms with E-state index in [4.69, 9.17) is 39.0 Å². The van der Waals surface area contributed by atoms with E-state index in [0.29, 0.717) is 5.56 Å². The molecule has 4 nitrogen and oxygen atoms in total. The largest absolute Gasteiger partial charge is 0.339 e. The first kappa shape index (κ1) is 16.3. The van der Waals surface area contributed by atoms with Gasteiger partial charge < -0.3 is 0 Å². The molecule has 0 radical (unpaired) electrons. The van der Waals surface area contributed by atoms with E-state index in [1.54, 1.807) is 6.92 Å². The van der Waals surface area contributed by atoms with Crippen LogP contribution in [0.4, 0.5) is 4.39 Å². The average Bonchev–Trinajstić information content (AvgIpc) is 3.00. The molecule has 0 amide bonds. The fraction of sp³-hybridized carbons (Fsp3) is 0.455. The summed E-state index contributed by atoms with van der Waals surface area (Å²) in [5.41, 5.74) is 0.681. The van der Waals surface area contributed by atoms with Crippen LogP contribution in [0, 0.1) is 5.82 Å². The molecule has 1 fully saturated rings. The van der Waals surface area contributed by atoms with E-state index in [0.717, 1.165) is 4.31 Å². The number of alkyl halides is 3. The molecule has 112 valence electrons. The summed E-state index contributed by atoms with van der Waals surface area (Å²) in [6.07, 6.45) is 0. The van der Waals surface area contributed by atoms with Gasteiger partial charge in [0.25, 0.3) is 0 Å². The molecule has 1 heterocycles. The van der Waals surface area contributed by atoms with Crippen molar-refractivity contribution >= 4 is 45.1 Å². The lowest BCUT2D eigenvalue weighted by Gasteiger charge is -2.12. The molecule has 1 aliphatic rings. The van der Waals surface area contributed by atoms with E-state index in [1.807, 2.05) is 0 Å². The van der Waals surface area contributed by atoms with E-state index < -0.39 is 26.7 Å². The molecule has 20 heavy (non-hydrogen) atoms. The van der Waals surface area contributed by atoms with E-state index in [1.165, 1.54) is 24.3 Å². The maximum Gasteiger partial charge on any atom is 0.339 e. The Bertz CT molecular complexity index is 588. The highest BCUT2D eigenvalue weighted by Gasteiger charge is 2.54. The molecule has 2 rings (SSSR count). The predicted molar refractivity (Wildman–Crippen MR) is 75.6 cm³/mol. The van der Waals surface area contributed by atoms with Gasteiger partial charge in [-0.1, -0.05) is 46.9 Å². The van der Waals surface area contributed by atoms with Crippen LogP contribution in [0.15, 0.2) is 24.3 Å². The second kappa shape index (κ2) is 5.59. The van der Waals surface area contributed by atoms with Crippen LogP contribution in [0.2, 0.25) is 0 Å². The second-order valence-electron chi connectivity index (χ2n) is 4.40. The molecule has 0 N–H and O–H groups in total. The minimum absolute atomic E-state index is 0.291. The lowest BCUT2D eigenvalue weighted by molar-refractivity contribution is 0.303. The van der Waals surface area contributed by atoms with Crippen molar-refractivity contribution in [2.45, 2.75) is 22.8 Å². The molecule has 0 bridgehead atoms. The van der Waals surface area contributed by atoms with Gasteiger partial charge in [-0.05, 0) is 24.6 Å². The highest BCUT2D eigenvalue weighted by Crippen LogP contribution is 2.46. The number of hydrogen-bond donors (Lipinski definition) is 0. The maximum atomic E-state index is 12.9. The van der Waals surface area contributed by atoms with Crippen molar-refractivity contribution in [3.05, 3.63) is 35.6 Å². The van der Waals surface area contributed by atoms with E-state index in [9.17, 15) is 12.8 Å². The number of halogens is 4. The molecule has 1 aliphatic heterocycles. The highest BCUT2D eigenvalue weighted by atomic mass is 35.6. The molecular weight excluding hydrogens is 352 g/mol. The van der Waals surface area contributed by atoms with Crippen LogP contribution in [0.3, 0.4) is 0 Å². The Kier molecular flexibility index (Phi) is 4.54. The molecule has 9 heteroatoms. The summed E-state index contributed by atoms with van der Waals surface area (Å²) in [7, 11) is -3.99. The third-order valence-corrected chi connectivity index (χ3v) is 4.70. The van der Waals surface area contributed by atoms with Gasteiger partial charge in [0.15, 0.2) is 0 Å². The molecule has 1 aromatic carbocycles. The molecule has 1 saturated heterocycles. The van der Waals surface area contributed by atoms with Crippen LogP contribution < -0.4 is 0 Å².